The highest BCUT2D eigenvalue weighted by Gasteiger charge is 2.49. The zero-order valence-corrected chi connectivity index (χ0v) is 14.9. The van der Waals surface area contributed by atoms with Gasteiger partial charge in [0.15, 0.2) is 0 Å². The van der Waals surface area contributed by atoms with Gasteiger partial charge in [0.25, 0.3) is 0 Å². The van der Waals surface area contributed by atoms with E-state index in [-0.39, 0.29) is 10.8 Å². The summed E-state index contributed by atoms with van der Waals surface area (Å²) in [5.41, 5.74) is 5.78. The molecule has 3 aliphatic rings. The fraction of sp³-hybridized carbons (Fsp3) is 0.800. The van der Waals surface area contributed by atoms with Crippen LogP contribution in [0, 0.1) is 16.2 Å². The highest BCUT2D eigenvalue weighted by atomic mass is 16.5. The fourth-order valence-corrected chi connectivity index (χ4v) is 4.62. The third-order valence-electron chi connectivity index (χ3n) is 5.89. The quantitative estimate of drug-likeness (QED) is 0.530. The van der Waals surface area contributed by atoms with Crippen molar-refractivity contribution in [3.05, 3.63) is 22.5 Å². The predicted molar refractivity (Wildman–Crippen MR) is 89.0 cm³/mol. The number of allylic oxidation sites excluding steroid dienone is 3. The molecule has 3 rings (SSSR count). The van der Waals surface area contributed by atoms with Crippen LogP contribution in [0.1, 0.15) is 80.1 Å². The maximum absolute atomic E-state index is 6.27. The summed E-state index contributed by atoms with van der Waals surface area (Å²) < 4.78 is 6.27. The van der Waals surface area contributed by atoms with Crippen molar-refractivity contribution in [2.45, 2.75) is 80.1 Å². The zero-order valence-electron chi connectivity index (χ0n) is 14.9. The van der Waals surface area contributed by atoms with Gasteiger partial charge in [-0.05, 0) is 42.1 Å². The summed E-state index contributed by atoms with van der Waals surface area (Å²) in [4.78, 5) is 0. The van der Waals surface area contributed by atoms with E-state index in [2.05, 4.69) is 41.5 Å². The maximum atomic E-state index is 6.27. The minimum atomic E-state index is 0.213. The second-order valence-corrected chi connectivity index (χ2v) is 9.42. The largest absolute Gasteiger partial charge is 0.493 e. The molecule has 0 unspecified atom stereocenters. The van der Waals surface area contributed by atoms with Crippen LogP contribution in [0.25, 0.3) is 0 Å². The minimum Gasteiger partial charge on any atom is -0.493 e. The van der Waals surface area contributed by atoms with Gasteiger partial charge in [0, 0.05) is 11.0 Å². The highest BCUT2D eigenvalue weighted by Crippen LogP contribution is 2.60. The Bertz CT molecular complexity index is 499. The maximum Gasteiger partial charge on any atom is 0.123 e. The average molecular weight is 288 g/mol. The summed E-state index contributed by atoms with van der Waals surface area (Å²) >= 11 is 0. The molecule has 1 aliphatic heterocycles. The molecule has 0 N–H and O–H groups in total. The van der Waals surface area contributed by atoms with E-state index in [9.17, 15) is 0 Å². The summed E-state index contributed by atoms with van der Waals surface area (Å²) in [6, 6.07) is 0. The van der Waals surface area contributed by atoms with Gasteiger partial charge < -0.3 is 4.74 Å². The smallest absolute Gasteiger partial charge is 0.123 e. The van der Waals surface area contributed by atoms with Gasteiger partial charge >= 0.3 is 0 Å². The molecule has 0 aromatic carbocycles. The molecule has 0 amide bonds. The minimum absolute atomic E-state index is 0.213. The van der Waals surface area contributed by atoms with Crippen molar-refractivity contribution in [1.29, 1.82) is 0 Å². The summed E-state index contributed by atoms with van der Waals surface area (Å²) in [5.74, 6) is 1.31. The van der Waals surface area contributed by atoms with Crippen LogP contribution in [0.15, 0.2) is 22.5 Å². The van der Waals surface area contributed by atoms with Gasteiger partial charge in [0.2, 0.25) is 0 Å². The Morgan fingerprint density at radius 1 is 0.810 bits per heavy atom. The predicted octanol–water partition coefficient (Wildman–Crippen LogP) is 6.01. The van der Waals surface area contributed by atoms with Crippen LogP contribution < -0.4 is 0 Å². The number of rotatable bonds is 0. The molecule has 0 radical (unpaired) electrons. The van der Waals surface area contributed by atoms with Crippen LogP contribution in [-0.4, -0.2) is 6.61 Å². The van der Waals surface area contributed by atoms with Gasteiger partial charge in [-0.2, -0.15) is 0 Å². The summed E-state index contributed by atoms with van der Waals surface area (Å²) in [7, 11) is 0. The molecule has 21 heavy (non-hydrogen) atoms. The Kier molecular flexibility index (Phi) is 3.35. The zero-order chi connectivity index (χ0) is 15.5. The second-order valence-electron chi connectivity index (χ2n) is 9.42. The molecule has 1 heteroatoms. The van der Waals surface area contributed by atoms with Crippen molar-refractivity contribution >= 4 is 0 Å². The first-order valence-electron chi connectivity index (χ1n) is 8.76. The lowest BCUT2D eigenvalue weighted by atomic mass is 9.69. The number of hydrogen-bond donors (Lipinski definition) is 0. The Labute approximate surface area is 130 Å². The van der Waals surface area contributed by atoms with E-state index >= 15 is 0 Å². The third-order valence-corrected chi connectivity index (χ3v) is 5.89. The molecule has 2 fully saturated rings. The molecule has 0 aromatic rings. The van der Waals surface area contributed by atoms with Crippen LogP contribution >= 0.6 is 0 Å². The van der Waals surface area contributed by atoms with Crippen molar-refractivity contribution in [3.63, 3.8) is 0 Å². The van der Waals surface area contributed by atoms with Crippen LogP contribution in [0.4, 0.5) is 0 Å². The lowest BCUT2D eigenvalue weighted by Gasteiger charge is -2.40. The molecule has 0 bridgehead atoms. The van der Waals surface area contributed by atoms with Gasteiger partial charge in [0.1, 0.15) is 5.76 Å². The standard InChI is InChI=1S/C20H32O/c1-18(2,3)14-13-15(19(4,5)6)17-16(14)20(11-12-21-17)9-7-8-10-20/h7-13H2,1-6H3. The van der Waals surface area contributed by atoms with Crippen molar-refractivity contribution in [3.8, 4) is 0 Å². The van der Waals surface area contributed by atoms with Gasteiger partial charge in [-0.1, -0.05) is 60.0 Å². The third kappa shape index (κ3) is 2.37. The van der Waals surface area contributed by atoms with Crippen LogP contribution in [0.5, 0.6) is 0 Å². The molecule has 1 saturated heterocycles. The van der Waals surface area contributed by atoms with Crippen molar-refractivity contribution in [2.75, 3.05) is 6.61 Å². The number of fused-ring (bicyclic) bond motifs is 2. The van der Waals surface area contributed by atoms with Gasteiger partial charge in [-0.25, -0.2) is 0 Å². The van der Waals surface area contributed by atoms with E-state index in [1.54, 1.807) is 16.7 Å². The van der Waals surface area contributed by atoms with Gasteiger partial charge in [-0.3, -0.25) is 0 Å². The van der Waals surface area contributed by atoms with Gasteiger partial charge in [-0.15, -0.1) is 0 Å². The lowest BCUT2D eigenvalue weighted by molar-refractivity contribution is 0.117. The van der Waals surface area contributed by atoms with Crippen molar-refractivity contribution in [1.82, 2.24) is 0 Å². The topological polar surface area (TPSA) is 9.23 Å². The summed E-state index contributed by atoms with van der Waals surface area (Å²) in [6.07, 6.45) is 7.94. The molecule has 1 heterocycles. The SMILES string of the molecule is CC(C)(C)C1=C2OCCC3(CCCC3)C2=C(C(C)(C)C)C1. The first-order valence-corrected chi connectivity index (χ1v) is 8.76. The molecule has 118 valence electrons. The van der Waals surface area contributed by atoms with E-state index in [0.717, 1.165) is 13.0 Å². The molecule has 1 spiro atoms. The van der Waals surface area contributed by atoms with Crippen LogP contribution in [0.2, 0.25) is 0 Å². The second kappa shape index (κ2) is 4.64. The lowest BCUT2D eigenvalue weighted by Crippen LogP contribution is -2.30. The first-order chi connectivity index (χ1) is 9.65. The van der Waals surface area contributed by atoms with E-state index < -0.39 is 0 Å². The summed E-state index contributed by atoms with van der Waals surface area (Å²) in [6.45, 7) is 15.1. The van der Waals surface area contributed by atoms with E-state index in [1.807, 2.05) is 0 Å². The molecular weight excluding hydrogens is 256 g/mol. The molecular formula is C20H32O. The Hall–Kier alpha value is -0.720. The van der Waals surface area contributed by atoms with E-state index in [4.69, 9.17) is 4.74 Å². The normalized spacial score (nSPS) is 25.6. The van der Waals surface area contributed by atoms with Gasteiger partial charge in [0.05, 0.1) is 6.61 Å². The fourth-order valence-electron chi connectivity index (χ4n) is 4.62. The van der Waals surface area contributed by atoms with Crippen molar-refractivity contribution < 1.29 is 4.74 Å². The molecule has 0 atom stereocenters. The molecule has 1 saturated carbocycles. The number of ether oxygens (including phenoxy) is 1. The Morgan fingerprint density at radius 2 is 1.38 bits per heavy atom. The molecule has 0 aromatic heterocycles. The highest BCUT2D eigenvalue weighted by molar-refractivity contribution is 5.52. The van der Waals surface area contributed by atoms with E-state index in [1.165, 1.54) is 37.9 Å². The average Bonchev–Trinajstić information content (AvgIpc) is 2.93. The summed E-state index contributed by atoms with van der Waals surface area (Å²) in [5, 5.41) is 0. The van der Waals surface area contributed by atoms with E-state index in [0.29, 0.717) is 5.41 Å². The Morgan fingerprint density at radius 3 is 1.90 bits per heavy atom. The first kappa shape index (κ1) is 15.2. The van der Waals surface area contributed by atoms with Crippen LogP contribution in [-0.2, 0) is 4.74 Å². The number of hydrogen-bond acceptors (Lipinski definition) is 1. The Balaban J connectivity index is 2.16. The molecule has 2 aliphatic carbocycles. The monoisotopic (exact) mass is 288 g/mol. The van der Waals surface area contributed by atoms with Crippen molar-refractivity contribution in [2.24, 2.45) is 16.2 Å². The molecule has 1 nitrogen and oxygen atoms in total. The van der Waals surface area contributed by atoms with Crippen LogP contribution in [0.3, 0.4) is 0 Å².